The smallest absolute Gasteiger partial charge is 0.308 e. The molecule has 0 unspecified atom stereocenters. The fourth-order valence-corrected chi connectivity index (χ4v) is 3.52. The van der Waals surface area contributed by atoms with Crippen LogP contribution in [0.3, 0.4) is 0 Å². The van der Waals surface area contributed by atoms with Gasteiger partial charge < -0.3 is 14.2 Å². The third kappa shape index (κ3) is 3.11. The van der Waals surface area contributed by atoms with Crippen molar-refractivity contribution >= 4 is 5.97 Å². The third-order valence-corrected chi connectivity index (χ3v) is 4.65. The monoisotopic (exact) mass is 270 g/mol. The summed E-state index contributed by atoms with van der Waals surface area (Å²) >= 11 is 0. The fraction of sp³-hybridized carbons (Fsp3) is 0.933. The Hall–Kier alpha value is -0.610. The number of carbonyl (C=O) groups is 1. The van der Waals surface area contributed by atoms with Gasteiger partial charge in [0.1, 0.15) is 0 Å². The van der Waals surface area contributed by atoms with Crippen LogP contribution in [0, 0.1) is 11.8 Å². The van der Waals surface area contributed by atoms with Crippen LogP contribution in [-0.4, -0.2) is 31.1 Å². The first-order chi connectivity index (χ1) is 9.01. The van der Waals surface area contributed by atoms with Crippen LogP contribution in [0.15, 0.2) is 0 Å². The van der Waals surface area contributed by atoms with Gasteiger partial charge in [0, 0.05) is 5.92 Å². The lowest BCUT2D eigenvalue weighted by molar-refractivity contribution is -0.186. The van der Waals surface area contributed by atoms with Crippen LogP contribution in [0.1, 0.15) is 52.9 Å². The number of carbonyl (C=O) groups excluding carboxylic acids is 1. The maximum atomic E-state index is 11.5. The zero-order valence-corrected chi connectivity index (χ0v) is 12.5. The van der Waals surface area contributed by atoms with Gasteiger partial charge in [0.05, 0.1) is 25.2 Å². The largest absolute Gasteiger partial charge is 0.469 e. The summed E-state index contributed by atoms with van der Waals surface area (Å²) in [7, 11) is 1.43. The summed E-state index contributed by atoms with van der Waals surface area (Å²) in [5, 5.41) is 0. The number of hydrogen-bond donors (Lipinski definition) is 0. The first kappa shape index (κ1) is 14.8. The van der Waals surface area contributed by atoms with Gasteiger partial charge in [0.2, 0.25) is 0 Å². The van der Waals surface area contributed by atoms with E-state index in [4.69, 9.17) is 14.2 Å². The van der Waals surface area contributed by atoms with Gasteiger partial charge in [0.25, 0.3) is 0 Å². The highest BCUT2D eigenvalue weighted by atomic mass is 16.7. The molecule has 0 spiro atoms. The van der Waals surface area contributed by atoms with Crippen LogP contribution in [0.2, 0.25) is 0 Å². The van der Waals surface area contributed by atoms with Crippen molar-refractivity contribution in [2.24, 2.45) is 11.8 Å². The van der Waals surface area contributed by atoms with E-state index in [1.807, 2.05) is 0 Å². The van der Waals surface area contributed by atoms with Gasteiger partial charge in [0.15, 0.2) is 6.29 Å². The van der Waals surface area contributed by atoms with Gasteiger partial charge in [-0.3, -0.25) is 4.79 Å². The van der Waals surface area contributed by atoms with E-state index in [1.165, 1.54) is 7.11 Å². The first-order valence-corrected chi connectivity index (χ1v) is 7.41. The third-order valence-electron chi connectivity index (χ3n) is 4.65. The predicted molar refractivity (Wildman–Crippen MR) is 71.6 cm³/mol. The second-order valence-electron chi connectivity index (χ2n) is 6.14. The number of methoxy groups -OCH3 is 1. The normalized spacial score (nSPS) is 41.9. The average Bonchev–Trinajstić information content (AvgIpc) is 2.63. The molecule has 2 saturated heterocycles. The summed E-state index contributed by atoms with van der Waals surface area (Å²) in [4.78, 5) is 11.5. The molecule has 110 valence electrons. The van der Waals surface area contributed by atoms with Crippen molar-refractivity contribution in [3.63, 3.8) is 0 Å². The van der Waals surface area contributed by atoms with E-state index < -0.39 is 0 Å². The molecule has 0 N–H and O–H groups in total. The number of esters is 1. The van der Waals surface area contributed by atoms with Crippen LogP contribution >= 0.6 is 0 Å². The standard InChI is InChI=1S/C15H26O4/c1-5-10-8-15(3)9-11(6-2)14(19-15)18-12(10)7-13(16)17-4/h10-12,14H,5-9H2,1-4H3/t10-,11-,12-,14+,15-/m1/s1. The van der Waals surface area contributed by atoms with Crippen molar-refractivity contribution in [2.45, 2.75) is 70.9 Å². The van der Waals surface area contributed by atoms with Crippen molar-refractivity contribution in [1.82, 2.24) is 0 Å². The van der Waals surface area contributed by atoms with E-state index >= 15 is 0 Å². The molecule has 0 aliphatic carbocycles. The summed E-state index contributed by atoms with van der Waals surface area (Å²) in [5.41, 5.74) is -0.0864. The van der Waals surface area contributed by atoms with Crippen molar-refractivity contribution in [3.8, 4) is 0 Å². The zero-order valence-electron chi connectivity index (χ0n) is 12.5. The van der Waals surface area contributed by atoms with Crippen LogP contribution in [0.5, 0.6) is 0 Å². The second kappa shape index (κ2) is 5.80. The van der Waals surface area contributed by atoms with E-state index in [1.54, 1.807) is 0 Å². The summed E-state index contributed by atoms with van der Waals surface area (Å²) in [5.74, 6) is 0.620. The van der Waals surface area contributed by atoms with Gasteiger partial charge in [-0.05, 0) is 32.1 Å². The molecule has 0 aromatic heterocycles. The van der Waals surface area contributed by atoms with Crippen LogP contribution < -0.4 is 0 Å². The lowest BCUT2D eigenvalue weighted by Gasteiger charge is -2.31. The molecule has 2 aliphatic heterocycles. The molecule has 19 heavy (non-hydrogen) atoms. The van der Waals surface area contributed by atoms with E-state index in [0.717, 1.165) is 25.7 Å². The quantitative estimate of drug-likeness (QED) is 0.737. The molecule has 2 rings (SSSR count). The van der Waals surface area contributed by atoms with E-state index in [9.17, 15) is 4.79 Å². The van der Waals surface area contributed by atoms with Crippen molar-refractivity contribution in [1.29, 1.82) is 0 Å². The molecule has 0 amide bonds. The van der Waals surface area contributed by atoms with E-state index in [-0.39, 0.29) is 24.0 Å². The minimum atomic E-state index is -0.195. The molecule has 0 saturated carbocycles. The molecule has 5 atom stereocenters. The topological polar surface area (TPSA) is 44.8 Å². The molecule has 2 aliphatic rings. The Morgan fingerprint density at radius 1 is 1.26 bits per heavy atom. The molecule has 2 bridgehead atoms. The maximum absolute atomic E-state index is 11.5. The fourth-order valence-electron chi connectivity index (χ4n) is 3.52. The van der Waals surface area contributed by atoms with Crippen molar-refractivity contribution in [2.75, 3.05) is 7.11 Å². The molecule has 0 aromatic rings. The van der Waals surface area contributed by atoms with Gasteiger partial charge in [-0.15, -0.1) is 0 Å². The Balaban J connectivity index is 2.13. The molecule has 0 aromatic carbocycles. The number of fused-ring (bicyclic) bond motifs is 2. The molecule has 2 heterocycles. The van der Waals surface area contributed by atoms with E-state index in [0.29, 0.717) is 18.3 Å². The molecular weight excluding hydrogens is 244 g/mol. The highest BCUT2D eigenvalue weighted by molar-refractivity contribution is 5.69. The van der Waals surface area contributed by atoms with Gasteiger partial charge in [-0.2, -0.15) is 0 Å². The summed E-state index contributed by atoms with van der Waals surface area (Å²) < 4.78 is 17.0. The van der Waals surface area contributed by atoms with Crippen LogP contribution in [-0.2, 0) is 19.0 Å². The summed E-state index contributed by atoms with van der Waals surface area (Å²) in [6.45, 7) is 6.50. The van der Waals surface area contributed by atoms with Crippen molar-refractivity contribution < 1.29 is 19.0 Å². The predicted octanol–water partition coefficient (Wildman–Crippen LogP) is 2.90. The van der Waals surface area contributed by atoms with Crippen LogP contribution in [0.4, 0.5) is 0 Å². The SMILES string of the molecule is CC[C@@H]1C[C@@]2(C)C[C@@H](CC)[C@@H](CC(=O)OC)O[C@H]1O2. The molecular formula is C15H26O4. The average molecular weight is 270 g/mol. The zero-order chi connectivity index (χ0) is 14.0. The number of hydrogen-bond acceptors (Lipinski definition) is 4. The Kier molecular flexibility index (Phi) is 4.51. The Bertz CT molecular complexity index is 330. The lowest BCUT2D eigenvalue weighted by atomic mass is 9.80. The maximum Gasteiger partial charge on any atom is 0.308 e. The molecule has 2 fully saturated rings. The minimum Gasteiger partial charge on any atom is -0.469 e. The van der Waals surface area contributed by atoms with E-state index in [2.05, 4.69) is 20.8 Å². The van der Waals surface area contributed by atoms with Crippen molar-refractivity contribution in [3.05, 3.63) is 0 Å². The minimum absolute atomic E-state index is 0.0707. The van der Waals surface area contributed by atoms with Gasteiger partial charge in [-0.1, -0.05) is 20.3 Å². The van der Waals surface area contributed by atoms with Gasteiger partial charge in [-0.25, -0.2) is 0 Å². The summed E-state index contributed by atoms with van der Waals surface area (Å²) in [6, 6.07) is 0. The Labute approximate surface area is 115 Å². The lowest BCUT2D eigenvalue weighted by Crippen LogP contribution is -2.34. The Morgan fingerprint density at radius 2 is 1.89 bits per heavy atom. The summed E-state index contributed by atoms with van der Waals surface area (Å²) in [6.07, 6.45) is 4.21. The van der Waals surface area contributed by atoms with Crippen LogP contribution in [0.25, 0.3) is 0 Å². The van der Waals surface area contributed by atoms with Gasteiger partial charge >= 0.3 is 5.97 Å². The number of rotatable bonds is 4. The highest BCUT2D eigenvalue weighted by Gasteiger charge is 2.49. The molecule has 4 nitrogen and oxygen atoms in total. The first-order valence-electron chi connectivity index (χ1n) is 7.41. The number of ether oxygens (including phenoxy) is 3. The molecule has 0 radical (unpaired) electrons. The highest BCUT2D eigenvalue weighted by Crippen LogP contribution is 2.46. The molecule has 4 heteroatoms. The second-order valence-corrected chi connectivity index (χ2v) is 6.14. The Morgan fingerprint density at radius 3 is 2.47 bits per heavy atom.